The maximum absolute atomic E-state index is 5.08. The number of nitrogens with zero attached hydrogens (tertiary/aromatic N) is 2. The molecule has 0 bridgehead atoms. The summed E-state index contributed by atoms with van der Waals surface area (Å²) < 4.78 is 5.08. The fourth-order valence-corrected chi connectivity index (χ4v) is 1.64. The van der Waals surface area contributed by atoms with Crippen LogP contribution in [0.1, 0.15) is 38.9 Å². The molecular formula is C13H24N4O. The summed E-state index contributed by atoms with van der Waals surface area (Å²) in [5.74, 6) is 2.41. The van der Waals surface area contributed by atoms with E-state index in [9.17, 15) is 0 Å². The van der Waals surface area contributed by atoms with Gasteiger partial charge in [0.05, 0.1) is 0 Å². The molecule has 0 fully saturated rings. The molecule has 0 aliphatic rings. The van der Waals surface area contributed by atoms with E-state index in [4.69, 9.17) is 4.74 Å². The average Bonchev–Trinajstić information content (AvgIpc) is 2.35. The lowest BCUT2D eigenvalue weighted by Crippen LogP contribution is -2.09. The van der Waals surface area contributed by atoms with Crippen LogP contribution in [0.4, 0.5) is 11.6 Å². The summed E-state index contributed by atoms with van der Waals surface area (Å²) in [5, 5.41) is 6.53. The number of nitrogens with one attached hydrogen (secondary N) is 2. The number of hydrogen-bond acceptors (Lipinski definition) is 5. The quantitative estimate of drug-likeness (QED) is 0.662. The molecule has 0 aromatic carbocycles. The lowest BCUT2D eigenvalue weighted by Gasteiger charge is -2.10. The van der Waals surface area contributed by atoms with Crippen LogP contribution >= 0.6 is 0 Å². The largest absolute Gasteiger partial charge is 0.377 e. The summed E-state index contributed by atoms with van der Waals surface area (Å²) in [6.45, 7) is 6.47. The van der Waals surface area contributed by atoms with Crippen molar-refractivity contribution in [1.82, 2.24) is 9.97 Å². The maximum Gasteiger partial charge on any atom is 0.158 e. The van der Waals surface area contributed by atoms with Crippen LogP contribution in [0.5, 0.6) is 0 Å². The summed E-state index contributed by atoms with van der Waals surface area (Å²) in [6.07, 6.45) is 3.63. The van der Waals surface area contributed by atoms with Crippen molar-refractivity contribution in [2.45, 2.75) is 39.7 Å². The van der Waals surface area contributed by atoms with E-state index < -0.39 is 0 Å². The molecule has 1 aromatic heterocycles. The van der Waals surface area contributed by atoms with Crippen LogP contribution in [0.3, 0.4) is 0 Å². The third kappa shape index (κ3) is 5.31. The van der Waals surface area contributed by atoms with E-state index in [1.54, 1.807) is 7.11 Å². The first-order chi connectivity index (χ1) is 8.80. The van der Waals surface area contributed by atoms with Crippen molar-refractivity contribution in [1.29, 1.82) is 0 Å². The molecule has 1 aromatic rings. The molecule has 2 N–H and O–H groups in total. The molecule has 0 saturated carbocycles. The monoisotopic (exact) mass is 252 g/mol. The van der Waals surface area contributed by atoms with Crippen LogP contribution in [-0.2, 0) is 11.3 Å². The summed E-state index contributed by atoms with van der Waals surface area (Å²) in [6, 6.07) is 1.94. The van der Waals surface area contributed by atoms with E-state index in [1.807, 2.05) is 13.0 Å². The lowest BCUT2D eigenvalue weighted by atomic mass is 10.2. The SMILES string of the molecule is CCCCCNc1cc(NCC)nc(COC)n1. The topological polar surface area (TPSA) is 59.1 Å². The molecule has 0 aliphatic carbocycles. The first-order valence-electron chi connectivity index (χ1n) is 6.64. The van der Waals surface area contributed by atoms with Gasteiger partial charge in [0.15, 0.2) is 5.82 Å². The van der Waals surface area contributed by atoms with Gasteiger partial charge in [-0.25, -0.2) is 9.97 Å². The van der Waals surface area contributed by atoms with Crippen molar-refractivity contribution in [3.63, 3.8) is 0 Å². The lowest BCUT2D eigenvalue weighted by molar-refractivity contribution is 0.178. The minimum absolute atomic E-state index is 0.433. The predicted octanol–water partition coefficient (Wildman–Crippen LogP) is 2.66. The molecule has 0 spiro atoms. The second kappa shape index (κ2) is 8.69. The number of rotatable bonds is 9. The van der Waals surface area contributed by atoms with E-state index in [-0.39, 0.29) is 0 Å². The fraction of sp³-hybridized carbons (Fsp3) is 0.692. The van der Waals surface area contributed by atoms with Gasteiger partial charge in [-0.3, -0.25) is 0 Å². The van der Waals surface area contributed by atoms with Gasteiger partial charge in [-0.2, -0.15) is 0 Å². The van der Waals surface area contributed by atoms with E-state index in [0.29, 0.717) is 12.4 Å². The number of hydrogen-bond donors (Lipinski definition) is 2. The fourth-order valence-electron chi connectivity index (χ4n) is 1.64. The van der Waals surface area contributed by atoms with Crippen molar-refractivity contribution >= 4 is 11.6 Å². The number of methoxy groups -OCH3 is 1. The summed E-state index contributed by atoms with van der Waals surface area (Å²) in [7, 11) is 1.65. The van der Waals surface area contributed by atoms with Gasteiger partial charge in [-0.15, -0.1) is 0 Å². The Labute approximate surface area is 109 Å². The minimum atomic E-state index is 0.433. The van der Waals surface area contributed by atoms with E-state index in [1.165, 1.54) is 12.8 Å². The van der Waals surface area contributed by atoms with Crippen LogP contribution < -0.4 is 10.6 Å². The van der Waals surface area contributed by atoms with Crippen molar-refractivity contribution in [2.75, 3.05) is 30.8 Å². The third-order valence-electron chi connectivity index (χ3n) is 2.49. The number of unbranched alkanes of at least 4 members (excludes halogenated alkanes) is 2. The predicted molar refractivity (Wildman–Crippen MR) is 74.9 cm³/mol. The molecule has 1 rings (SSSR count). The number of aromatic nitrogens is 2. The van der Waals surface area contributed by atoms with E-state index >= 15 is 0 Å². The Morgan fingerprint density at radius 3 is 2.44 bits per heavy atom. The number of anilines is 2. The van der Waals surface area contributed by atoms with Crippen molar-refractivity contribution in [3.8, 4) is 0 Å². The van der Waals surface area contributed by atoms with Crippen LogP contribution in [-0.4, -0.2) is 30.2 Å². The van der Waals surface area contributed by atoms with Crippen LogP contribution in [0, 0.1) is 0 Å². The summed E-state index contributed by atoms with van der Waals surface area (Å²) in [4.78, 5) is 8.79. The normalized spacial score (nSPS) is 10.4. The second-order valence-electron chi connectivity index (χ2n) is 4.15. The standard InChI is InChI=1S/C13H24N4O/c1-4-6-7-8-15-12-9-11(14-5-2)16-13(17-12)10-18-3/h9H,4-8,10H2,1-3H3,(H2,14,15,16,17). The van der Waals surface area contributed by atoms with Gasteiger partial charge in [0, 0.05) is 26.3 Å². The maximum atomic E-state index is 5.08. The minimum Gasteiger partial charge on any atom is -0.377 e. The first kappa shape index (κ1) is 14.7. The molecule has 5 heteroatoms. The summed E-state index contributed by atoms with van der Waals surface area (Å²) in [5.41, 5.74) is 0. The highest BCUT2D eigenvalue weighted by molar-refractivity contribution is 5.47. The van der Waals surface area contributed by atoms with Gasteiger partial charge in [-0.05, 0) is 13.3 Å². The van der Waals surface area contributed by atoms with Gasteiger partial charge in [0.1, 0.15) is 18.2 Å². The Morgan fingerprint density at radius 1 is 1.11 bits per heavy atom. The Kier molecular flexibility index (Phi) is 7.10. The Balaban J connectivity index is 2.63. The van der Waals surface area contributed by atoms with Crippen molar-refractivity contribution in [3.05, 3.63) is 11.9 Å². The zero-order chi connectivity index (χ0) is 13.2. The zero-order valence-corrected chi connectivity index (χ0v) is 11.6. The van der Waals surface area contributed by atoms with Gasteiger partial charge < -0.3 is 15.4 Å². The van der Waals surface area contributed by atoms with Crippen LogP contribution in [0.15, 0.2) is 6.07 Å². The molecule has 0 atom stereocenters. The zero-order valence-electron chi connectivity index (χ0n) is 11.6. The molecular weight excluding hydrogens is 228 g/mol. The Hall–Kier alpha value is -1.36. The molecule has 18 heavy (non-hydrogen) atoms. The smallest absolute Gasteiger partial charge is 0.158 e. The third-order valence-corrected chi connectivity index (χ3v) is 2.49. The Bertz CT molecular complexity index is 320. The van der Waals surface area contributed by atoms with E-state index in [2.05, 4.69) is 27.5 Å². The first-order valence-corrected chi connectivity index (χ1v) is 6.64. The van der Waals surface area contributed by atoms with E-state index in [0.717, 1.165) is 31.1 Å². The molecule has 0 saturated heterocycles. The van der Waals surface area contributed by atoms with Crippen molar-refractivity contribution in [2.24, 2.45) is 0 Å². The second-order valence-corrected chi connectivity index (χ2v) is 4.15. The average molecular weight is 252 g/mol. The summed E-state index contributed by atoms with van der Waals surface area (Å²) >= 11 is 0. The molecule has 102 valence electrons. The highest BCUT2D eigenvalue weighted by atomic mass is 16.5. The molecule has 0 radical (unpaired) electrons. The van der Waals surface area contributed by atoms with Crippen molar-refractivity contribution < 1.29 is 4.74 Å². The van der Waals surface area contributed by atoms with Gasteiger partial charge in [0.25, 0.3) is 0 Å². The Morgan fingerprint density at radius 2 is 1.83 bits per heavy atom. The highest BCUT2D eigenvalue weighted by Crippen LogP contribution is 2.12. The molecule has 0 unspecified atom stereocenters. The molecule has 5 nitrogen and oxygen atoms in total. The molecule has 1 heterocycles. The van der Waals surface area contributed by atoms with Gasteiger partial charge >= 0.3 is 0 Å². The van der Waals surface area contributed by atoms with Crippen LogP contribution in [0.25, 0.3) is 0 Å². The van der Waals surface area contributed by atoms with Gasteiger partial charge in [0.2, 0.25) is 0 Å². The molecule has 0 amide bonds. The highest BCUT2D eigenvalue weighted by Gasteiger charge is 2.03. The van der Waals surface area contributed by atoms with Crippen LogP contribution in [0.2, 0.25) is 0 Å². The molecule has 0 aliphatic heterocycles. The number of ether oxygens (including phenoxy) is 1. The van der Waals surface area contributed by atoms with Gasteiger partial charge in [-0.1, -0.05) is 19.8 Å².